The van der Waals surface area contributed by atoms with Gasteiger partial charge >= 0.3 is 0 Å². The minimum absolute atomic E-state index is 0.205. The number of fused-ring (bicyclic) bond motifs is 3. The van der Waals surface area contributed by atoms with Gasteiger partial charge in [0.05, 0.1) is 26.1 Å². The fraction of sp³-hybridized carbons (Fsp3) is 0.389. The van der Waals surface area contributed by atoms with Crippen LogP contribution in [0, 0.1) is 0 Å². The average molecular weight is 369 g/mol. The number of ether oxygens (including phenoxy) is 3. The van der Waals surface area contributed by atoms with Gasteiger partial charge in [-0.1, -0.05) is 30.3 Å². The van der Waals surface area contributed by atoms with E-state index < -0.39 is 24.0 Å². The van der Waals surface area contributed by atoms with E-state index >= 15 is 0 Å². The third-order valence-corrected chi connectivity index (χ3v) is 5.17. The standard InChI is InChI=1S/C18H19N5O4/c19-15-12-16(21-9-20-15)23(10-22-12)17-13-14(18(7-24,27-17)8-26-13)25-6-11-4-2-1-3-5-11/h1-5,9-10,13-14,17,24H,6-8H2,(H2,19,20,21). The summed E-state index contributed by atoms with van der Waals surface area (Å²) in [7, 11) is 0. The number of aromatic nitrogens is 4. The molecular weight excluding hydrogens is 350 g/mol. The van der Waals surface area contributed by atoms with Crippen molar-refractivity contribution in [1.29, 1.82) is 0 Å². The van der Waals surface area contributed by atoms with Crippen molar-refractivity contribution >= 4 is 17.0 Å². The van der Waals surface area contributed by atoms with Crippen molar-refractivity contribution < 1.29 is 19.3 Å². The molecule has 1 aromatic carbocycles. The molecule has 2 fully saturated rings. The Hall–Kier alpha value is -2.59. The second kappa shape index (κ2) is 6.24. The van der Waals surface area contributed by atoms with Gasteiger partial charge in [0.25, 0.3) is 0 Å². The zero-order valence-corrected chi connectivity index (χ0v) is 14.4. The molecule has 5 rings (SSSR count). The molecule has 4 atom stereocenters. The zero-order chi connectivity index (χ0) is 18.4. The number of aliphatic hydroxyl groups excluding tert-OH is 1. The van der Waals surface area contributed by atoms with Crippen LogP contribution in [0.3, 0.4) is 0 Å². The van der Waals surface area contributed by atoms with Gasteiger partial charge in [-0.3, -0.25) is 4.57 Å². The number of aliphatic hydroxyl groups is 1. The molecule has 0 radical (unpaired) electrons. The van der Waals surface area contributed by atoms with Crippen LogP contribution in [-0.4, -0.2) is 55.6 Å². The molecule has 27 heavy (non-hydrogen) atoms. The minimum atomic E-state index is -0.917. The van der Waals surface area contributed by atoms with Crippen LogP contribution in [-0.2, 0) is 20.8 Å². The molecule has 0 spiro atoms. The van der Waals surface area contributed by atoms with E-state index in [4.69, 9.17) is 19.9 Å². The van der Waals surface area contributed by atoms with Crippen molar-refractivity contribution in [2.75, 3.05) is 18.9 Å². The van der Waals surface area contributed by atoms with Gasteiger partial charge < -0.3 is 25.1 Å². The van der Waals surface area contributed by atoms with Gasteiger partial charge in [0, 0.05) is 0 Å². The van der Waals surface area contributed by atoms with Gasteiger partial charge in [-0.2, -0.15) is 0 Å². The van der Waals surface area contributed by atoms with Crippen LogP contribution in [0.2, 0.25) is 0 Å². The van der Waals surface area contributed by atoms with Crippen LogP contribution >= 0.6 is 0 Å². The SMILES string of the molecule is Nc1ncnc2c1ncn2C1OC2(CO)COC1C2OCc1ccccc1. The first kappa shape index (κ1) is 16.6. The molecule has 2 aliphatic rings. The molecule has 2 saturated heterocycles. The summed E-state index contributed by atoms with van der Waals surface area (Å²) in [6.45, 7) is 0.472. The van der Waals surface area contributed by atoms with Crippen LogP contribution in [0.5, 0.6) is 0 Å². The number of nitrogens with zero attached hydrogens (tertiary/aromatic N) is 4. The molecule has 0 amide bonds. The maximum Gasteiger partial charge on any atom is 0.167 e. The number of nitrogens with two attached hydrogens (primary N) is 1. The number of anilines is 1. The average Bonchev–Trinajstić information content (AvgIpc) is 3.37. The van der Waals surface area contributed by atoms with E-state index in [1.807, 2.05) is 30.3 Å². The van der Waals surface area contributed by atoms with Gasteiger partial charge in [0.2, 0.25) is 0 Å². The van der Waals surface area contributed by atoms with Gasteiger partial charge in [-0.05, 0) is 5.56 Å². The summed E-state index contributed by atoms with van der Waals surface area (Å²) >= 11 is 0. The molecule has 9 heteroatoms. The lowest BCUT2D eigenvalue weighted by atomic mass is 10.00. The van der Waals surface area contributed by atoms with Gasteiger partial charge in [0.15, 0.2) is 17.7 Å². The number of hydrogen-bond donors (Lipinski definition) is 2. The van der Waals surface area contributed by atoms with E-state index in [0.717, 1.165) is 5.56 Å². The number of benzene rings is 1. The Kier molecular flexibility index (Phi) is 3.83. The molecule has 2 aliphatic heterocycles. The third kappa shape index (κ3) is 2.51. The monoisotopic (exact) mass is 369 g/mol. The van der Waals surface area contributed by atoms with Crippen LogP contribution in [0.15, 0.2) is 43.0 Å². The summed E-state index contributed by atoms with van der Waals surface area (Å²) in [4.78, 5) is 12.5. The Morgan fingerprint density at radius 1 is 1.26 bits per heavy atom. The highest BCUT2D eigenvalue weighted by Gasteiger charge is 2.63. The molecule has 9 nitrogen and oxygen atoms in total. The quantitative estimate of drug-likeness (QED) is 0.673. The van der Waals surface area contributed by atoms with Crippen LogP contribution in [0.25, 0.3) is 11.2 Å². The van der Waals surface area contributed by atoms with Gasteiger partial charge in [-0.25, -0.2) is 15.0 Å². The summed E-state index contributed by atoms with van der Waals surface area (Å²) in [6.07, 6.45) is 1.66. The lowest BCUT2D eigenvalue weighted by molar-refractivity contribution is -0.187. The molecule has 0 saturated carbocycles. The van der Waals surface area contributed by atoms with Crippen molar-refractivity contribution in [2.45, 2.75) is 30.6 Å². The zero-order valence-electron chi connectivity index (χ0n) is 14.4. The van der Waals surface area contributed by atoms with Crippen molar-refractivity contribution in [2.24, 2.45) is 0 Å². The second-order valence-electron chi connectivity index (χ2n) is 6.81. The van der Waals surface area contributed by atoms with Crippen molar-refractivity contribution in [3.63, 3.8) is 0 Å². The van der Waals surface area contributed by atoms with Crippen molar-refractivity contribution in [3.8, 4) is 0 Å². The molecule has 3 aromatic rings. The first-order chi connectivity index (χ1) is 13.2. The molecule has 2 bridgehead atoms. The summed E-state index contributed by atoms with van der Waals surface area (Å²) in [5.41, 5.74) is 7.06. The maximum atomic E-state index is 10.0. The smallest absolute Gasteiger partial charge is 0.167 e. The Morgan fingerprint density at radius 3 is 2.93 bits per heavy atom. The lowest BCUT2D eigenvalue weighted by Crippen LogP contribution is -2.45. The highest BCUT2D eigenvalue weighted by molar-refractivity contribution is 5.81. The molecule has 4 unspecified atom stereocenters. The van der Waals surface area contributed by atoms with Gasteiger partial charge in [-0.15, -0.1) is 0 Å². The summed E-state index contributed by atoms with van der Waals surface area (Å²) in [5, 5.41) is 10.0. The van der Waals surface area contributed by atoms with Crippen molar-refractivity contribution in [3.05, 3.63) is 48.5 Å². The molecule has 2 aromatic heterocycles. The summed E-state index contributed by atoms with van der Waals surface area (Å²) in [6, 6.07) is 9.86. The number of hydrogen-bond acceptors (Lipinski definition) is 8. The fourth-order valence-electron chi connectivity index (χ4n) is 3.80. The van der Waals surface area contributed by atoms with E-state index in [1.54, 1.807) is 10.9 Å². The van der Waals surface area contributed by atoms with E-state index in [2.05, 4.69) is 15.0 Å². The first-order valence-electron chi connectivity index (χ1n) is 8.71. The highest BCUT2D eigenvalue weighted by Crippen LogP contribution is 2.47. The summed E-state index contributed by atoms with van der Waals surface area (Å²) in [5.74, 6) is 0.302. The molecule has 140 valence electrons. The number of imidazole rings is 1. The third-order valence-electron chi connectivity index (χ3n) is 5.17. The van der Waals surface area contributed by atoms with E-state index in [0.29, 0.717) is 23.6 Å². The summed E-state index contributed by atoms with van der Waals surface area (Å²) < 4.78 is 20.0. The maximum absolute atomic E-state index is 10.0. The predicted octanol–water partition coefficient (Wildman–Crippen LogP) is 0.653. The molecule has 3 N–H and O–H groups in total. The Balaban J connectivity index is 1.45. The largest absolute Gasteiger partial charge is 0.393 e. The predicted molar refractivity (Wildman–Crippen MR) is 94.4 cm³/mol. The van der Waals surface area contributed by atoms with E-state index in [-0.39, 0.29) is 13.2 Å². The molecule has 0 aliphatic carbocycles. The first-order valence-corrected chi connectivity index (χ1v) is 8.71. The van der Waals surface area contributed by atoms with E-state index in [9.17, 15) is 5.11 Å². The number of nitrogen functional groups attached to an aromatic ring is 1. The highest BCUT2D eigenvalue weighted by atomic mass is 16.7. The Morgan fingerprint density at radius 2 is 2.11 bits per heavy atom. The Labute approximate surface area is 154 Å². The molecular formula is C18H19N5O4. The van der Waals surface area contributed by atoms with Crippen LogP contribution < -0.4 is 5.73 Å². The second-order valence-corrected chi connectivity index (χ2v) is 6.81. The topological polar surface area (TPSA) is 118 Å². The Bertz CT molecular complexity index is 965. The molecule has 4 heterocycles. The van der Waals surface area contributed by atoms with Crippen LogP contribution in [0.4, 0.5) is 5.82 Å². The van der Waals surface area contributed by atoms with E-state index in [1.165, 1.54) is 6.33 Å². The lowest BCUT2D eigenvalue weighted by Gasteiger charge is -2.29. The number of rotatable bonds is 5. The van der Waals surface area contributed by atoms with Crippen LogP contribution in [0.1, 0.15) is 11.8 Å². The normalized spacial score (nSPS) is 29.6. The minimum Gasteiger partial charge on any atom is -0.393 e. The van der Waals surface area contributed by atoms with Gasteiger partial charge in [0.1, 0.15) is 29.7 Å². The van der Waals surface area contributed by atoms with Crippen molar-refractivity contribution in [1.82, 2.24) is 19.5 Å². The fourth-order valence-corrected chi connectivity index (χ4v) is 3.80.